The van der Waals surface area contributed by atoms with Crippen molar-refractivity contribution < 1.29 is 0 Å². The number of anilines is 6. The average Bonchev–Trinajstić information content (AvgIpc) is 3.64. The SMILES string of the molecule is CC(C)(C)c1ccc(-c2nc3c(n2-c2ccccc2)N(c2cc(C(C)(C)C)cc(C(C)(C)C)c2)c2cc(C(C)(C)C)cc4c2B3c2cc(C(C)(C)C)ccc2N4c2ccc(C(C)(C)C)cc2)cc1. The normalized spacial score (nSPS) is 14.2. The van der Waals surface area contributed by atoms with Crippen LogP contribution in [-0.4, -0.2) is 16.3 Å². The molecule has 2 aliphatic rings. The fraction of sp³-hybridized carbons (Fsp3) is 0.381. The van der Waals surface area contributed by atoms with E-state index in [4.69, 9.17) is 4.98 Å². The first kappa shape index (κ1) is 47.3. The van der Waals surface area contributed by atoms with Crippen LogP contribution in [-0.2, 0) is 32.5 Å². The van der Waals surface area contributed by atoms with E-state index in [2.05, 4.69) is 266 Å². The van der Waals surface area contributed by atoms with Crippen LogP contribution in [0.3, 0.4) is 0 Å². The molecule has 0 fully saturated rings. The Kier molecular flexibility index (Phi) is 11.0. The smallest absolute Gasteiger partial charge is 0.277 e. The highest BCUT2D eigenvalue weighted by Gasteiger charge is 2.48. The van der Waals surface area contributed by atoms with E-state index < -0.39 is 0 Å². The second kappa shape index (κ2) is 15.9. The van der Waals surface area contributed by atoms with E-state index >= 15 is 0 Å². The number of hydrogen-bond acceptors (Lipinski definition) is 3. The summed E-state index contributed by atoms with van der Waals surface area (Å²) in [5.41, 5.74) is 19.2. The highest BCUT2D eigenvalue weighted by molar-refractivity contribution is 7.00. The summed E-state index contributed by atoms with van der Waals surface area (Å²) in [7, 11) is 0. The Hall–Kier alpha value is -5.81. The number of imidazole rings is 1. The van der Waals surface area contributed by atoms with Gasteiger partial charge in [-0.25, -0.2) is 4.98 Å². The fourth-order valence-electron chi connectivity index (χ4n) is 10.1. The van der Waals surface area contributed by atoms with E-state index in [1.165, 1.54) is 61.4 Å². The molecule has 0 N–H and O–H groups in total. The predicted molar refractivity (Wildman–Crippen MR) is 295 cm³/mol. The summed E-state index contributed by atoms with van der Waals surface area (Å²) in [6, 6.07) is 49.2. The maximum atomic E-state index is 6.03. The molecule has 350 valence electrons. The summed E-state index contributed by atoms with van der Waals surface area (Å²) in [5, 5.41) is 0. The van der Waals surface area contributed by atoms with Crippen molar-refractivity contribution in [1.82, 2.24) is 9.55 Å². The molecular weight excluding hydrogens is 824 g/mol. The lowest BCUT2D eigenvalue weighted by Crippen LogP contribution is -2.62. The van der Waals surface area contributed by atoms with Crippen molar-refractivity contribution in [1.29, 1.82) is 0 Å². The van der Waals surface area contributed by atoms with Crippen molar-refractivity contribution in [3.05, 3.63) is 161 Å². The molecule has 0 unspecified atom stereocenters. The number of nitrogens with zero attached hydrogens (tertiary/aromatic N) is 4. The van der Waals surface area contributed by atoms with Gasteiger partial charge in [0, 0.05) is 39.7 Å². The van der Waals surface area contributed by atoms with Crippen LogP contribution in [0.1, 0.15) is 158 Å². The van der Waals surface area contributed by atoms with Crippen molar-refractivity contribution in [2.24, 2.45) is 0 Å². The quantitative estimate of drug-likeness (QED) is 0.165. The summed E-state index contributed by atoms with van der Waals surface area (Å²) < 4.78 is 2.47. The summed E-state index contributed by atoms with van der Waals surface area (Å²) in [4.78, 5) is 11.2. The van der Waals surface area contributed by atoms with E-state index in [1.807, 2.05) is 0 Å². The van der Waals surface area contributed by atoms with Gasteiger partial charge < -0.3 is 4.90 Å². The van der Waals surface area contributed by atoms with Crippen molar-refractivity contribution >= 4 is 57.5 Å². The van der Waals surface area contributed by atoms with E-state index in [9.17, 15) is 0 Å². The highest BCUT2D eigenvalue weighted by Crippen LogP contribution is 2.49. The fourth-order valence-corrected chi connectivity index (χ4v) is 10.1. The lowest BCUT2D eigenvalue weighted by Gasteiger charge is -2.44. The Bertz CT molecular complexity index is 3000. The predicted octanol–water partition coefficient (Wildman–Crippen LogP) is 15.4. The van der Waals surface area contributed by atoms with Gasteiger partial charge in [0.15, 0.2) is 0 Å². The van der Waals surface area contributed by atoms with Gasteiger partial charge in [-0.1, -0.05) is 197 Å². The Labute approximate surface area is 410 Å². The van der Waals surface area contributed by atoms with Crippen LogP contribution in [0.4, 0.5) is 34.3 Å². The first-order valence-corrected chi connectivity index (χ1v) is 25.0. The first-order valence-electron chi connectivity index (χ1n) is 25.0. The van der Waals surface area contributed by atoms with Crippen LogP contribution in [0.25, 0.3) is 17.1 Å². The largest absolute Gasteiger partial charge is 0.311 e. The third-order valence-electron chi connectivity index (χ3n) is 14.5. The van der Waals surface area contributed by atoms with Gasteiger partial charge in [0.2, 0.25) is 0 Å². The van der Waals surface area contributed by atoms with Gasteiger partial charge in [0.05, 0.1) is 5.59 Å². The average molecular weight is 899 g/mol. The van der Waals surface area contributed by atoms with E-state index in [-0.39, 0.29) is 39.2 Å². The van der Waals surface area contributed by atoms with Gasteiger partial charge in [0.25, 0.3) is 6.71 Å². The van der Waals surface area contributed by atoms with E-state index in [0.29, 0.717) is 0 Å². The van der Waals surface area contributed by atoms with Gasteiger partial charge in [0.1, 0.15) is 11.6 Å². The van der Waals surface area contributed by atoms with Crippen LogP contribution in [0, 0.1) is 0 Å². The number of rotatable bonds is 4. The zero-order valence-electron chi connectivity index (χ0n) is 44.5. The second-order valence-corrected chi connectivity index (χ2v) is 26.0. The molecule has 7 aromatic rings. The Morgan fingerprint density at radius 1 is 0.368 bits per heavy atom. The van der Waals surface area contributed by atoms with Crippen molar-refractivity contribution in [3.8, 4) is 17.1 Å². The minimum atomic E-state index is -0.159. The van der Waals surface area contributed by atoms with Gasteiger partial charge in [-0.2, -0.15) is 0 Å². The molecule has 0 radical (unpaired) electrons. The standard InChI is InChI=1S/C63H75BN4/c1-58(2,3)41-26-24-40(25-27-41)56-65-55-57(68(56)47-22-20-19-21-23-47)67(49-35-44(61(10,11)12)34-45(36-49)62(13,14)15)53-39-46(63(16,17)18)38-52-54(53)64(55)50-37-43(60(7,8)9)30-33-51(50)66(52)48-31-28-42(29-32-48)59(4,5)6/h19-39H,1-18H3. The minimum absolute atomic E-state index is 0.0184. The molecule has 0 saturated carbocycles. The molecule has 3 heterocycles. The number of para-hydroxylation sites is 1. The van der Waals surface area contributed by atoms with Crippen LogP contribution in [0.15, 0.2) is 127 Å². The van der Waals surface area contributed by atoms with Crippen LogP contribution < -0.4 is 26.3 Å². The third-order valence-corrected chi connectivity index (χ3v) is 14.5. The molecule has 2 aliphatic heterocycles. The van der Waals surface area contributed by atoms with Gasteiger partial charge >= 0.3 is 0 Å². The molecule has 1 aromatic heterocycles. The molecule has 0 spiro atoms. The monoisotopic (exact) mass is 899 g/mol. The lowest BCUT2D eigenvalue weighted by molar-refractivity contribution is 0.568. The molecule has 0 atom stereocenters. The van der Waals surface area contributed by atoms with Gasteiger partial charge in [-0.3, -0.25) is 9.47 Å². The Morgan fingerprint density at radius 3 is 1.32 bits per heavy atom. The summed E-state index contributed by atoms with van der Waals surface area (Å²) in [5.74, 6) is 2.02. The Morgan fingerprint density at radius 2 is 0.824 bits per heavy atom. The van der Waals surface area contributed by atoms with Gasteiger partial charge in [-0.15, -0.1) is 0 Å². The third kappa shape index (κ3) is 8.32. The minimum Gasteiger partial charge on any atom is -0.311 e. The molecule has 68 heavy (non-hydrogen) atoms. The zero-order chi connectivity index (χ0) is 49.3. The molecule has 9 rings (SSSR count). The van der Waals surface area contributed by atoms with Crippen LogP contribution in [0.2, 0.25) is 0 Å². The summed E-state index contributed by atoms with van der Waals surface area (Å²) in [6.07, 6.45) is 0. The molecule has 0 bridgehead atoms. The summed E-state index contributed by atoms with van der Waals surface area (Å²) >= 11 is 0. The first-order chi connectivity index (χ1) is 31.5. The van der Waals surface area contributed by atoms with E-state index in [0.717, 1.165) is 39.9 Å². The molecule has 0 amide bonds. The number of benzene rings is 6. The number of hydrogen-bond donors (Lipinski definition) is 0. The van der Waals surface area contributed by atoms with Crippen molar-refractivity contribution in [2.45, 2.75) is 157 Å². The van der Waals surface area contributed by atoms with E-state index in [1.54, 1.807) is 0 Å². The molecule has 0 saturated heterocycles. The topological polar surface area (TPSA) is 24.3 Å². The molecule has 6 aromatic carbocycles. The van der Waals surface area contributed by atoms with Crippen molar-refractivity contribution in [2.75, 3.05) is 9.80 Å². The van der Waals surface area contributed by atoms with Crippen molar-refractivity contribution in [3.63, 3.8) is 0 Å². The lowest BCUT2D eigenvalue weighted by atomic mass is 9.35. The molecule has 0 aliphatic carbocycles. The molecular formula is C63H75BN4. The molecule has 4 nitrogen and oxygen atoms in total. The second-order valence-electron chi connectivity index (χ2n) is 26.0. The zero-order valence-corrected chi connectivity index (χ0v) is 44.5. The summed E-state index contributed by atoms with van der Waals surface area (Å²) in [6.45, 7) is 41.8. The number of fused-ring (bicyclic) bond motifs is 4. The maximum Gasteiger partial charge on any atom is 0.277 e. The van der Waals surface area contributed by atoms with Crippen LogP contribution >= 0.6 is 0 Å². The van der Waals surface area contributed by atoms with Gasteiger partial charge in [-0.05, 0) is 131 Å². The van der Waals surface area contributed by atoms with Crippen LogP contribution in [0.5, 0.6) is 0 Å². The maximum absolute atomic E-state index is 6.03. The number of aromatic nitrogens is 2. The Balaban J connectivity index is 1.49. The molecule has 5 heteroatoms. The highest BCUT2D eigenvalue weighted by atomic mass is 15.3.